The van der Waals surface area contributed by atoms with Gasteiger partial charge in [-0.2, -0.15) is 0 Å². The Balaban J connectivity index is 1.27. The van der Waals surface area contributed by atoms with Gasteiger partial charge in [0, 0.05) is 18.0 Å². The summed E-state index contributed by atoms with van der Waals surface area (Å²) in [6, 6.07) is 19.5. The minimum absolute atomic E-state index is 0.194. The number of carbonyl (C=O) groups excluding carboxylic acids is 2. The van der Waals surface area contributed by atoms with E-state index >= 15 is 0 Å². The Hall–Kier alpha value is -4.13. The van der Waals surface area contributed by atoms with Crippen LogP contribution in [0.1, 0.15) is 29.3 Å². The van der Waals surface area contributed by atoms with Gasteiger partial charge in [0.05, 0.1) is 17.6 Å². The van der Waals surface area contributed by atoms with Crippen LogP contribution in [0.5, 0.6) is 5.75 Å². The van der Waals surface area contributed by atoms with E-state index in [1.165, 1.54) is 0 Å². The predicted molar refractivity (Wildman–Crippen MR) is 129 cm³/mol. The molecule has 34 heavy (non-hydrogen) atoms. The first-order valence-corrected chi connectivity index (χ1v) is 11.1. The van der Waals surface area contributed by atoms with Gasteiger partial charge in [0.1, 0.15) is 11.3 Å². The first-order valence-electron chi connectivity index (χ1n) is 11.1. The minimum atomic E-state index is -0.764. The zero-order valence-electron chi connectivity index (χ0n) is 19.0. The molecule has 0 aliphatic rings. The molecule has 1 N–H and O–H groups in total. The summed E-state index contributed by atoms with van der Waals surface area (Å²) >= 11 is 0. The maximum absolute atomic E-state index is 12.4. The number of carbonyl (C=O) groups is 2. The van der Waals surface area contributed by atoms with Gasteiger partial charge >= 0.3 is 11.6 Å². The maximum atomic E-state index is 12.4. The molecule has 0 saturated carbocycles. The monoisotopic (exact) mass is 459 g/mol. The standard InChI is InChI=1S/C27H25NO6/c1-17-8-10-19(11-9-17)26(30)32-15-5-14-28-25(29)18(2)33-20-12-13-22-21-6-3-4-7-23(21)27(31)34-24(22)16-20/h3-4,6-13,16,18H,5,14-15H2,1-2H3,(H,28,29). The lowest BCUT2D eigenvalue weighted by atomic mass is 10.1. The van der Waals surface area contributed by atoms with Crippen molar-refractivity contribution in [2.24, 2.45) is 0 Å². The summed E-state index contributed by atoms with van der Waals surface area (Å²) in [7, 11) is 0. The molecule has 1 heterocycles. The fraction of sp³-hybridized carbons (Fsp3) is 0.222. The van der Waals surface area contributed by atoms with Crippen LogP contribution in [0.15, 0.2) is 75.9 Å². The van der Waals surface area contributed by atoms with Gasteiger partial charge in [-0.25, -0.2) is 9.59 Å². The highest BCUT2D eigenvalue weighted by molar-refractivity contribution is 6.04. The zero-order chi connectivity index (χ0) is 24.1. The molecule has 7 heteroatoms. The van der Waals surface area contributed by atoms with Gasteiger partial charge in [-0.3, -0.25) is 4.79 Å². The number of esters is 1. The molecule has 0 radical (unpaired) electrons. The largest absolute Gasteiger partial charge is 0.481 e. The van der Waals surface area contributed by atoms with Crippen molar-refractivity contribution in [3.63, 3.8) is 0 Å². The van der Waals surface area contributed by atoms with E-state index < -0.39 is 17.7 Å². The smallest absolute Gasteiger partial charge is 0.344 e. The molecule has 1 atom stereocenters. The van der Waals surface area contributed by atoms with Crippen LogP contribution in [0.25, 0.3) is 21.7 Å². The van der Waals surface area contributed by atoms with Gasteiger partial charge in [0.2, 0.25) is 0 Å². The van der Waals surface area contributed by atoms with Crippen LogP contribution in [-0.4, -0.2) is 31.1 Å². The van der Waals surface area contributed by atoms with Gasteiger partial charge < -0.3 is 19.2 Å². The van der Waals surface area contributed by atoms with E-state index in [1.807, 2.05) is 37.3 Å². The Morgan fingerprint density at radius 2 is 1.71 bits per heavy atom. The summed E-state index contributed by atoms with van der Waals surface area (Å²) in [5.74, 6) is -0.274. The Kier molecular flexibility index (Phi) is 6.92. The molecule has 0 aliphatic carbocycles. The number of benzene rings is 3. The molecule has 4 rings (SSSR count). The third-order valence-electron chi connectivity index (χ3n) is 5.42. The summed E-state index contributed by atoms with van der Waals surface area (Å²) in [6.45, 7) is 4.11. The number of hydrogen-bond acceptors (Lipinski definition) is 6. The highest BCUT2D eigenvalue weighted by Crippen LogP contribution is 2.26. The topological polar surface area (TPSA) is 94.8 Å². The highest BCUT2D eigenvalue weighted by Gasteiger charge is 2.15. The molecule has 1 aromatic heterocycles. The van der Waals surface area contributed by atoms with Gasteiger partial charge in [-0.1, -0.05) is 35.9 Å². The third kappa shape index (κ3) is 5.26. The fourth-order valence-electron chi connectivity index (χ4n) is 3.56. The van der Waals surface area contributed by atoms with Crippen LogP contribution >= 0.6 is 0 Å². The summed E-state index contributed by atoms with van der Waals surface area (Å²) in [5, 5.41) is 4.87. The molecule has 174 valence electrons. The SMILES string of the molecule is Cc1ccc(C(=O)OCCCNC(=O)C(C)Oc2ccc3c(c2)oc(=O)c2ccccc23)cc1. The van der Waals surface area contributed by atoms with Gasteiger partial charge in [0.25, 0.3) is 5.91 Å². The van der Waals surface area contributed by atoms with E-state index in [-0.39, 0.29) is 12.5 Å². The van der Waals surface area contributed by atoms with Gasteiger partial charge in [-0.15, -0.1) is 0 Å². The van der Waals surface area contributed by atoms with Crippen molar-refractivity contribution in [1.29, 1.82) is 0 Å². The number of rotatable bonds is 8. The summed E-state index contributed by atoms with van der Waals surface area (Å²) in [6.07, 6.45) is -0.288. The normalized spacial score (nSPS) is 11.8. The van der Waals surface area contributed by atoms with Crippen molar-refractivity contribution < 1.29 is 23.5 Å². The van der Waals surface area contributed by atoms with Crippen LogP contribution in [0, 0.1) is 6.92 Å². The van der Waals surface area contributed by atoms with Crippen molar-refractivity contribution in [3.05, 3.63) is 88.3 Å². The van der Waals surface area contributed by atoms with E-state index in [9.17, 15) is 14.4 Å². The van der Waals surface area contributed by atoms with Gasteiger partial charge in [0.15, 0.2) is 6.10 Å². The summed E-state index contributed by atoms with van der Waals surface area (Å²) < 4.78 is 16.4. The average molecular weight is 459 g/mol. The van der Waals surface area contributed by atoms with Crippen molar-refractivity contribution in [1.82, 2.24) is 5.32 Å². The molecule has 0 saturated heterocycles. The lowest BCUT2D eigenvalue weighted by molar-refractivity contribution is -0.127. The lowest BCUT2D eigenvalue weighted by Crippen LogP contribution is -2.37. The second kappa shape index (κ2) is 10.2. The number of ether oxygens (including phenoxy) is 2. The van der Waals surface area contributed by atoms with Crippen molar-refractivity contribution >= 4 is 33.6 Å². The third-order valence-corrected chi connectivity index (χ3v) is 5.42. The molecule has 3 aromatic carbocycles. The molecule has 1 unspecified atom stereocenters. The van der Waals surface area contributed by atoms with Crippen LogP contribution in [0.4, 0.5) is 0 Å². The Labute approximate surface area is 196 Å². The Morgan fingerprint density at radius 1 is 0.971 bits per heavy atom. The Morgan fingerprint density at radius 3 is 2.47 bits per heavy atom. The lowest BCUT2D eigenvalue weighted by Gasteiger charge is -2.15. The second-order valence-electron chi connectivity index (χ2n) is 8.00. The highest BCUT2D eigenvalue weighted by atomic mass is 16.5. The molecule has 7 nitrogen and oxygen atoms in total. The molecular formula is C27H25NO6. The predicted octanol–water partition coefficient (Wildman–Crippen LogP) is 4.39. The molecule has 0 aliphatic heterocycles. The number of amides is 1. The molecule has 0 spiro atoms. The molecule has 0 fully saturated rings. The Bertz CT molecular complexity index is 1390. The summed E-state index contributed by atoms with van der Waals surface area (Å²) in [4.78, 5) is 36.6. The van der Waals surface area contributed by atoms with Crippen molar-refractivity contribution in [2.45, 2.75) is 26.4 Å². The van der Waals surface area contributed by atoms with E-state index in [0.717, 1.165) is 16.3 Å². The molecule has 0 bridgehead atoms. The van der Waals surface area contributed by atoms with Crippen LogP contribution in [0.3, 0.4) is 0 Å². The number of aryl methyl sites for hydroxylation is 1. The minimum Gasteiger partial charge on any atom is -0.481 e. The van der Waals surface area contributed by atoms with Gasteiger partial charge in [-0.05, 0) is 56.0 Å². The van der Waals surface area contributed by atoms with Crippen LogP contribution < -0.4 is 15.7 Å². The quantitative estimate of drug-likeness (QED) is 0.182. The van der Waals surface area contributed by atoms with Crippen LogP contribution in [0.2, 0.25) is 0 Å². The molecular weight excluding hydrogens is 434 g/mol. The van der Waals surface area contributed by atoms with E-state index in [4.69, 9.17) is 13.9 Å². The number of hydrogen-bond donors (Lipinski definition) is 1. The van der Waals surface area contributed by atoms with E-state index in [2.05, 4.69) is 5.32 Å². The zero-order valence-corrected chi connectivity index (χ0v) is 19.0. The first-order chi connectivity index (χ1) is 16.4. The van der Waals surface area contributed by atoms with Crippen molar-refractivity contribution in [2.75, 3.05) is 13.2 Å². The molecule has 1 amide bonds. The second-order valence-corrected chi connectivity index (χ2v) is 8.00. The van der Waals surface area contributed by atoms with E-state index in [1.54, 1.807) is 43.3 Å². The first kappa shape index (κ1) is 23.0. The fourth-order valence-corrected chi connectivity index (χ4v) is 3.56. The van der Waals surface area contributed by atoms with E-state index in [0.29, 0.717) is 35.2 Å². The maximum Gasteiger partial charge on any atom is 0.344 e. The number of nitrogens with one attached hydrogen (secondary N) is 1. The summed E-state index contributed by atoms with van der Waals surface area (Å²) in [5.41, 5.74) is 1.53. The van der Waals surface area contributed by atoms with Crippen molar-refractivity contribution in [3.8, 4) is 5.75 Å². The average Bonchev–Trinajstić information content (AvgIpc) is 2.84. The van der Waals surface area contributed by atoms with Crippen LogP contribution in [-0.2, 0) is 9.53 Å². The molecule has 4 aromatic rings. The number of fused-ring (bicyclic) bond motifs is 3.